The van der Waals surface area contributed by atoms with Gasteiger partial charge in [-0.1, -0.05) is 6.07 Å². The Balaban J connectivity index is 1.73. The number of aryl methyl sites for hydroxylation is 1. The first-order chi connectivity index (χ1) is 9.65. The number of carbonyl (C=O) groups is 1. The highest BCUT2D eigenvalue weighted by Crippen LogP contribution is 2.09. The maximum Gasteiger partial charge on any atom is 0.315 e. The molecule has 2 amide bonds. The van der Waals surface area contributed by atoms with Crippen LogP contribution >= 0.6 is 11.3 Å². The third kappa shape index (κ3) is 4.31. The van der Waals surface area contributed by atoms with Crippen molar-refractivity contribution in [1.29, 1.82) is 0 Å². The van der Waals surface area contributed by atoms with Gasteiger partial charge in [0.2, 0.25) is 0 Å². The van der Waals surface area contributed by atoms with Crippen LogP contribution in [0.5, 0.6) is 0 Å². The fourth-order valence-corrected chi connectivity index (χ4v) is 2.44. The van der Waals surface area contributed by atoms with Gasteiger partial charge in [0.25, 0.3) is 0 Å². The number of hydrogen-bond acceptors (Lipinski definition) is 4. The van der Waals surface area contributed by atoms with E-state index in [-0.39, 0.29) is 12.1 Å². The Morgan fingerprint density at radius 3 is 3.00 bits per heavy atom. The van der Waals surface area contributed by atoms with Crippen molar-refractivity contribution >= 4 is 17.4 Å². The molecule has 6 heteroatoms. The molecule has 1 atom stereocenters. The third-order valence-electron chi connectivity index (χ3n) is 2.87. The molecule has 0 aromatic carbocycles. The predicted octanol–water partition coefficient (Wildman–Crippen LogP) is 2.45. The topological polar surface area (TPSA) is 66.9 Å². The number of rotatable bonds is 5. The molecule has 0 radical (unpaired) electrons. The van der Waals surface area contributed by atoms with E-state index in [1.165, 1.54) is 0 Å². The minimum absolute atomic E-state index is 0.0646. The van der Waals surface area contributed by atoms with Crippen LogP contribution < -0.4 is 10.6 Å². The van der Waals surface area contributed by atoms with Crippen molar-refractivity contribution in [2.24, 2.45) is 0 Å². The van der Waals surface area contributed by atoms with E-state index in [1.54, 1.807) is 23.7 Å². The molecule has 2 N–H and O–H groups in total. The molecular weight excluding hydrogens is 272 g/mol. The van der Waals surface area contributed by atoms with Crippen molar-refractivity contribution in [2.75, 3.05) is 6.54 Å². The molecule has 0 spiro atoms. The molecule has 0 saturated carbocycles. The van der Waals surface area contributed by atoms with Crippen LogP contribution in [0.2, 0.25) is 0 Å². The van der Waals surface area contributed by atoms with E-state index >= 15 is 0 Å². The van der Waals surface area contributed by atoms with Crippen molar-refractivity contribution in [3.05, 3.63) is 46.2 Å². The summed E-state index contributed by atoms with van der Waals surface area (Å²) >= 11 is 1.62. The quantitative estimate of drug-likeness (QED) is 0.889. The van der Waals surface area contributed by atoms with E-state index < -0.39 is 0 Å². The summed E-state index contributed by atoms with van der Waals surface area (Å²) in [4.78, 5) is 20.2. The van der Waals surface area contributed by atoms with Gasteiger partial charge in [-0.25, -0.2) is 9.78 Å². The molecule has 0 bridgehead atoms. The number of thiazole rings is 1. The fourth-order valence-electron chi connectivity index (χ4n) is 1.79. The van der Waals surface area contributed by atoms with Crippen molar-refractivity contribution in [3.63, 3.8) is 0 Å². The summed E-state index contributed by atoms with van der Waals surface area (Å²) < 4.78 is 0. The molecule has 0 aliphatic heterocycles. The van der Waals surface area contributed by atoms with Crippen LogP contribution in [-0.4, -0.2) is 22.5 Å². The number of hydrogen-bond donors (Lipinski definition) is 2. The van der Waals surface area contributed by atoms with Crippen molar-refractivity contribution in [2.45, 2.75) is 26.3 Å². The Hall–Kier alpha value is -1.95. The third-order valence-corrected chi connectivity index (χ3v) is 3.69. The smallest absolute Gasteiger partial charge is 0.315 e. The molecule has 0 fully saturated rings. The summed E-state index contributed by atoms with van der Waals surface area (Å²) in [6, 6.07) is 3.56. The summed E-state index contributed by atoms with van der Waals surface area (Å²) in [5.41, 5.74) is 2.01. The van der Waals surface area contributed by atoms with E-state index in [0.29, 0.717) is 6.54 Å². The Kier molecular flexibility index (Phi) is 5.06. The van der Waals surface area contributed by atoms with Crippen LogP contribution in [0.25, 0.3) is 0 Å². The normalized spacial score (nSPS) is 11.9. The van der Waals surface area contributed by atoms with E-state index in [9.17, 15) is 4.79 Å². The van der Waals surface area contributed by atoms with Crippen LogP contribution in [-0.2, 0) is 6.42 Å². The lowest BCUT2D eigenvalue weighted by molar-refractivity contribution is 0.238. The maximum atomic E-state index is 11.8. The Morgan fingerprint density at radius 1 is 1.50 bits per heavy atom. The highest BCUT2D eigenvalue weighted by atomic mass is 32.1. The second-order valence-electron chi connectivity index (χ2n) is 4.52. The number of aromatic nitrogens is 2. The summed E-state index contributed by atoms with van der Waals surface area (Å²) in [5, 5.41) is 8.79. The predicted molar refractivity (Wildman–Crippen MR) is 79.7 cm³/mol. The fraction of sp³-hybridized carbons (Fsp3) is 0.357. The van der Waals surface area contributed by atoms with Gasteiger partial charge in [-0.15, -0.1) is 11.3 Å². The van der Waals surface area contributed by atoms with Gasteiger partial charge >= 0.3 is 6.03 Å². The standard InChI is InChI=1S/C14H18N4OS/c1-10(12-4-3-6-15-8-12)17-14(19)16-7-5-13-9-20-11(2)18-13/h3-4,6,8-10H,5,7H2,1-2H3,(H2,16,17,19)/t10-/m0/s1. The summed E-state index contributed by atoms with van der Waals surface area (Å²) in [7, 11) is 0. The van der Waals surface area contributed by atoms with Crippen LogP contribution in [0.15, 0.2) is 29.9 Å². The average Bonchev–Trinajstić information content (AvgIpc) is 2.85. The minimum atomic E-state index is -0.173. The van der Waals surface area contributed by atoms with Crippen LogP contribution in [0.3, 0.4) is 0 Å². The van der Waals surface area contributed by atoms with E-state index in [0.717, 1.165) is 22.7 Å². The zero-order valence-corrected chi connectivity index (χ0v) is 12.4. The molecule has 0 aliphatic rings. The molecule has 5 nitrogen and oxygen atoms in total. The molecule has 106 valence electrons. The number of nitrogens with zero attached hydrogens (tertiary/aromatic N) is 2. The van der Waals surface area contributed by atoms with Gasteiger partial charge < -0.3 is 10.6 Å². The monoisotopic (exact) mass is 290 g/mol. The molecule has 2 aromatic rings. The number of nitrogens with one attached hydrogen (secondary N) is 2. The van der Waals surface area contributed by atoms with Gasteiger partial charge in [0.1, 0.15) is 0 Å². The van der Waals surface area contributed by atoms with Crippen LogP contribution in [0.4, 0.5) is 4.79 Å². The lowest BCUT2D eigenvalue weighted by Crippen LogP contribution is -2.38. The second kappa shape index (κ2) is 7.00. The van der Waals surface area contributed by atoms with E-state index in [1.807, 2.05) is 31.4 Å². The minimum Gasteiger partial charge on any atom is -0.338 e. The van der Waals surface area contributed by atoms with Crippen molar-refractivity contribution in [1.82, 2.24) is 20.6 Å². The first kappa shape index (κ1) is 14.5. The largest absolute Gasteiger partial charge is 0.338 e. The summed E-state index contributed by atoms with van der Waals surface area (Å²) in [5.74, 6) is 0. The lowest BCUT2D eigenvalue weighted by atomic mass is 10.1. The number of carbonyl (C=O) groups excluding carboxylic acids is 1. The van der Waals surface area contributed by atoms with Gasteiger partial charge in [0, 0.05) is 30.7 Å². The highest BCUT2D eigenvalue weighted by Gasteiger charge is 2.08. The molecule has 0 unspecified atom stereocenters. The molecule has 2 heterocycles. The zero-order chi connectivity index (χ0) is 14.4. The van der Waals surface area contributed by atoms with E-state index in [4.69, 9.17) is 0 Å². The first-order valence-corrected chi connectivity index (χ1v) is 7.38. The second-order valence-corrected chi connectivity index (χ2v) is 5.58. The molecule has 2 aromatic heterocycles. The van der Waals surface area contributed by atoms with Crippen LogP contribution in [0, 0.1) is 6.92 Å². The molecule has 0 saturated heterocycles. The van der Waals surface area contributed by atoms with Gasteiger partial charge in [0.05, 0.1) is 16.7 Å². The zero-order valence-electron chi connectivity index (χ0n) is 11.6. The van der Waals surface area contributed by atoms with E-state index in [2.05, 4.69) is 20.6 Å². The van der Waals surface area contributed by atoms with Gasteiger partial charge in [0.15, 0.2) is 0 Å². The van der Waals surface area contributed by atoms with Gasteiger partial charge in [-0.3, -0.25) is 4.98 Å². The highest BCUT2D eigenvalue weighted by molar-refractivity contribution is 7.09. The van der Waals surface area contributed by atoms with Crippen molar-refractivity contribution < 1.29 is 4.79 Å². The lowest BCUT2D eigenvalue weighted by Gasteiger charge is -2.14. The number of amides is 2. The van der Waals surface area contributed by atoms with Gasteiger partial charge in [-0.2, -0.15) is 0 Å². The molecular formula is C14H18N4OS. The molecule has 20 heavy (non-hydrogen) atoms. The Bertz CT molecular complexity index is 555. The number of urea groups is 1. The number of pyridine rings is 1. The summed E-state index contributed by atoms with van der Waals surface area (Å²) in [6.45, 7) is 4.49. The van der Waals surface area contributed by atoms with Gasteiger partial charge in [-0.05, 0) is 25.5 Å². The first-order valence-electron chi connectivity index (χ1n) is 6.50. The Labute approximate surface area is 122 Å². The van der Waals surface area contributed by atoms with Crippen molar-refractivity contribution in [3.8, 4) is 0 Å². The van der Waals surface area contributed by atoms with Crippen LogP contribution in [0.1, 0.15) is 29.2 Å². The molecule has 2 rings (SSSR count). The Morgan fingerprint density at radius 2 is 2.35 bits per heavy atom. The summed E-state index contributed by atoms with van der Waals surface area (Å²) in [6.07, 6.45) is 4.22. The maximum absolute atomic E-state index is 11.8. The average molecular weight is 290 g/mol. The molecule has 0 aliphatic carbocycles. The SMILES string of the molecule is Cc1nc(CCNC(=O)N[C@@H](C)c2cccnc2)cs1.